The van der Waals surface area contributed by atoms with Crippen LogP contribution in [0.2, 0.25) is 0 Å². The maximum Gasteiger partial charge on any atom is 0.324 e. The highest BCUT2D eigenvalue weighted by Crippen LogP contribution is 2.28. The summed E-state index contributed by atoms with van der Waals surface area (Å²) in [5.41, 5.74) is -0.677. The molecule has 0 spiro atoms. The summed E-state index contributed by atoms with van der Waals surface area (Å²) in [6.07, 6.45) is 4.27. The second kappa shape index (κ2) is 5.38. The molecule has 16 heavy (non-hydrogen) atoms. The molecule has 2 saturated heterocycles. The van der Waals surface area contributed by atoms with E-state index >= 15 is 0 Å². The van der Waals surface area contributed by atoms with Crippen LogP contribution in [0.25, 0.3) is 0 Å². The second-order valence-electron chi connectivity index (χ2n) is 4.54. The summed E-state index contributed by atoms with van der Waals surface area (Å²) >= 11 is 1.72. The Morgan fingerprint density at radius 2 is 2.50 bits per heavy atom. The molecule has 2 aliphatic rings. The van der Waals surface area contributed by atoms with Crippen molar-refractivity contribution < 1.29 is 14.6 Å². The van der Waals surface area contributed by atoms with E-state index in [1.54, 1.807) is 11.8 Å². The molecule has 0 aromatic rings. The van der Waals surface area contributed by atoms with Gasteiger partial charge >= 0.3 is 5.97 Å². The van der Waals surface area contributed by atoms with Gasteiger partial charge in [-0.2, -0.15) is 11.8 Å². The van der Waals surface area contributed by atoms with Crippen LogP contribution in [0.3, 0.4) is 0 Å². The van der Waals surface area contributed by atoms with E-state index in [2.05, 4.69) is 5.32 Å². The Hall–Kier alpha value is -0.260. The quantitative estimate of drug-likeness (QED) is 0.760. The van der Waals surface area contributed by atoms with Gasteiger partial charge in [-0.05, 0) is 38.0 Å². The van der Waals surface area contributed by atoms with Crippen molar-refractivity contribution in [3.8, 4) is 0 Å². The molecule has 2 heterocycles. The van der Waals surface area contributed by atoms with Gasteiger partial charge in [-0.1, -0.05) is 0 Å². The summed E-state index contributed by atoms with van der Waals surface area (Å²) in [5, 5.41) is 12.5. The predicted octanol–water partition coefficient (Wildman–Crippen LogP) is 1.11. The average Bonchev–Trinajstić information content (AvgIpc) is 2.88. The highest BCUT2D eigenvalue weighted by Gasteiger charge is 2.41. The number of hydrogen-bond acceptors (Lipinski definition) is 4. The molecular formula is C11H19NO3S. The van der Waals surface area contributed by atoms with Gasteiger partial charge < -0.3 is 15.2 Å². The van der Waals surface area contributed by atoms with Crippen molar-refractivity contribution in [2.45, 2.75) is 37.3 Å². The van der Waals surface area contributed by atoms with Crippen LogP contribution in [0.4, 0.5) is 0 Å². The Kier molecular flexibility index (Phi) is 4.10. The lowest BCUT2D eigenvalue weighted by Gasteiger charge is -2.25. The molecule has 2 rings (SSSR count). The molecule has 4 nitrogen and oxygen atoms in total. The molecule has 2 N–H and O–H groups in total. The number of carbonyl (C=O) groups is 1. The molecule has 2 atom stereocenters. The van der Waals surface area contributed by atoms with Crippen molar-refractivity contribution in [1.82, 2.24) is 5.32 Å². The molecule has 2 fully saturated rings. The Bertz CT molecular complexity index is 248. The normalized spacial score (nSPS) is 34.4. The van der Waals surface area contributed by atoms with E-state index in [1.807, 2.05) is 0 Å². The smallest absolute Gasteiger partial charge is 0.324 e. The zero-order chi connectivity index (χ0) is 11.4. The molecule has 0 aliphatic carbocycles. The molecule has 0 saturated carbocycles. The first kappa shape index (κ1) is 12.2. The van der Waals surface area contributed by atoms with E-state index in [-0.39, 0.29) is 0 Å². The van der Waals surface area contributed by atoms with Crippen LogP contribution in [-0.2, 0) is 9.53 Å². The largest absolute Gasteiger partial charge is 0.480 e. The average molecular weight is 245 g/mol. The molecule has 0 aromatic heterocycles. The lowest BCUT2D eigenvalue weighted by molar-refractivity contribution is -0.143. The van der Waals surface area contributed by atoms with E-state index in [4.69, 9.17) is 4.74 Å². The van der Waals surface area contributed by atoms with Gasteiger partial charge in [0.2, 0.25) is 0 Å². The van der Waals surface area contributed by atoms with Crippen LogP contribution < -0.4 is 5.32 Å². The zero-order valence-corrected chi connectivity index (χ0v) is 10.2. The van der Waals surface area contributed by atoms with Crippen LogP contribution in [0, 0.1) is 0 Å². The minimum atomic E-state index is -0.704. The first-order valence-corrected chi connectivity index (χ1v) is 7.06. The minimum absolute atomic E-state index is 0.340. The fourth-order valence-electron chi connectivity index (χ4n) is 2.29. The number of carboxylic acids is 1. The van der Waals surface area contributed by atoms with Crippen LogP contribution >= 0.6 is 11.8 Å². The van der Waals surface area contributed by atoms with Crippen molar-refractivity contribution in [2.24, 2.45) is 0 Å². The molecule has 0 amide bonds. The van der Waals surface area contributed by atoms with Crippen LogP contribution in [-0.4, -0.2) is 47.4 Å². The number of hydrogen-bond donors (Lipinski definition) is 2. The number of ether oxygens (including phenoxy) is 1. The number of rotatable bonds is 5. The van der Waals surface area contributed by atoms with E-state index < -0.39 is 11.5 Å². The Balaban J connectivity index is 1.76. The lowest BCUT2D eigenvalue weighted by atomic mass is 9.99. The van der Waals surface area contributed by atoms with Crippen LogP contribution in [0.15, 0.2) is 0 Å². The SMILES string of the molecule is O=C(O)C1(NCCC2CCCO2)CCSC1. The summed E-state index contributed by atoms with van der Waals surface area (Å²) in [6.45, 7) is 1.61. The minimum Gasteiger partial charge on any atom is -0.480 e. The van der Waals surface area contributed by atoms with Crippen molar-refractivity contribution >= 4 is 17.7 Å². The van der Waals surface area contributed by atoms with Crippen LogP contribution in [0.1, 0.15) is 25.7 Å². The van der Waals surface area contributed by atoms with Crippen LogP contribution in [0.5, 0.6) is 0 Å². The van der Waals surface area contributed by atoms with E-state index in [1.165, 1.54) is 0 Å². The predicted molar refractivity (Wildman–Crippen MR) is 63.9 cm³/mol. The summed E-state index contributed by atoms with van der Waals surface area (Å²) in [4.78, 5) is 11.2. The molecule has 5 heteroatoms. The monoisotopic (exact) mass is 245 g/mol. The zero-order valence-electron chi connectivity index (χ0n) is 9.41. The van der Waals surface area contributed by atoms with Crippen molar-refractivity contribution in [2.75, 3.05) is 24.7 Å². The van der Waals surface area contributed by atoms with Crippen molar-refractivity contribution in [3.63, 3.8) is 0 Å². The number of carboxylic acid groups (broad SMARTS) is 1. The molecule has 92 valence electrons. The Morgan fingerprint density at radius 3 is 3.06 bits per heavy atom. The molecule has 0 aromatic carbocycles. The van der Waals surface area contributed by atoms with Gasteiger partial charge in [-0.25, -0.2) is 0 Å². The van der Waals surface area contributed by atoms with Gasteiger partial charge in [-0.3, -0.25) is 4.79 Å². The third-order valence-corrected chi connectivity index (χ3v) is 4.57. The Morgan fingerprint density at radius 1 is 1.62 bits per heavy atom. The molecule has 2 aliphatic heterocycles. The first-order chi connectivity index (χ1) is 7.73. The van der Waals surface area contributed by atoms with Gasteiger partial charge in [0.25, 0.3) is 0 Å². The number of aliphatic carboxylic acids is 1. The van der Waals surface area contributed by atoms with Gasteiger partial charge in [-0.15, -0.1) is 0 Å². The van der Waals surface area contributed by atoms with E-state index in [0.717, 1.165) is 44.6 Å². The fourth-order valence-corrected chi connectivity index (χ4v) is 3.65. The summed E-state index contributed by atoms with van der Waals surface area (Å²) in [7, 11) is 0. The van der Waals surface area contributed by atoms with Gasteiger partial charge in [0.15, 0.2) is 0 Å². The first-order valence-electron chi connectivity index (χ1n) is 5.91. The molecule has 0 bridgehead atoms. The fraction of sp³-hybridized carbons (Fsp3) is 0.909. The van der Waals surface area contributed by atoms with Gasteiger partial charge in [0.05, 0.1) is 6.10 Å². The number of nitrogens with one attached hydrogen (secondary N) is 1. The molecule has 2 unspecified atom stereocenters. The third-order valence-electron chi connectivity index (χ3n) is 3.38. The summed E-state index contributed by atoms with van der Waals surface area (Å²) in [6, 6.07) is 0. The third kappa shape index (κ3) is 2.70. The second-order valence-corrected chi connectivity index (χ2v) is 5.65. The van der Waals surface area contributed by atoms with E-state index in [9.17, 15) is 9.90 Å². The number of thioether (sulfide) groups is 1. The maximum absolute atomic E-state index is 11.2. The molecular weight excluding hydrogens is 226 g/mol. The van der Waals surface area contributed by atoms with E-state index in [0.29, 0.717) is 11.9 Å². The van der Waals surface area contributed by atoms with Gasteiger partial charge in [0.1, 0.15) is 5.54 Å². The lowest BCUT2D eigenvalue weighted by Crippen LogP contribution is -2.52. The van der Waals surface area contributed by atoms with Crippen molar-refractivity contribution in [3.05, 3.63) is 0 Å². The highest BCUT2D eigenvalue weighted by atomic mass is 32.2. The van der Waals surface area contributed by atoms with Gasteiger partial charge in [0, 0.05) is 12.4 Å². The topological polar surface area (TPSA) is 58.6 Å². The highest BCUT2D eigenvalue weighted by molar-refractivity contribution is 7.99. The standard InChI is InChI=1S/C11H19NO3S/c13-10(14)11(4-7-16-8-11)12-5-3-9-2-1-6-15-9/h9,12H,1-8H2,(H,13,14). The summed E-state index contributed by atoms with van der Waals surface area (Å²) in [5.74, 6) is 0.928. The summed E-state index contributed by atoms with van der Waals surface area (Å²) < 4.78 is 5.52. The maximum atomic E-state index is 11.2. The molecule has 0 radical (unpaired) electrons. The Labute approximate surface area is 100 Å². The van der Waals surface area contributed by atoms with Crippen molar-refractivity contribution in [1.29, 1.82) is 0 Å².